The molecule has 1 saturated carbocycles. The second-order valence-corrected chi connectivity index (χ2v) is 9.57. The van der Waals surface area contributed by atoms with Gasteiger partial charge >= 0.3 is 5.97 Å². The van der Waals surface area contributed by atoms with Crippen LogP contribution in [0.4, 0.5) is 0 Å². The zero-order chi connectivity index (χ0) is 24.5. The van der Waals surface area contributed by atoms with Gasteiger partial charge in [-0.2, -0.15) is 5.10 Å². The first-order valence-corrected chi connectivity index (χ1v) is 12.1. The Morgan fingerprint density at radius 2 is 1.54 bits per heavy atom. The Bertz CT molecular complexity index is 1350. The van der Waals surface area contributed by atoms with E-state index in [1.165, 1.54) is 17.1 Å². The number of rotatable bonds is 4. The molecule has 1 aliphatic heterocycles. The number of allylic oxidation sites excluding steroid dienone is 1. The van der Waals surface area contributed by atoms with Crippen LogP contribution in [-0.2, 0) is 0 Å². The van der Waals surface area contributed by atoms with Crippen LogP contribution in [0.25, 0.3) is 6.08 Å². The second-order valence-electron chi connectivity index (χ2n) is 8.70. The summed E-state index contributed by atoms with van der Waals surface area (Å²) < 4.78 is 0. The van der Waals surface area contributed by atoms with Crippen molar-refractivity contribution in [2.75, 3.05) is 0 Å². The number of hydrazone groups is 1. The van der Waals surface area contributed by atoms with Crippen LogP contribution >= 0.6 is 23.2 Å². The Hall–Kier alpha value is -3.41. The van der Waals surface area contributed by atoms with E-state index in [-0.39, 0.29) is 23.1 Å². The molecule has 7 heteroatoms. The molecule has 0 radical (unpaired) electrons. The third kappa shape index (κ3) is 4.62. The quantitative estimate of drug-likeness (QED) is 0.410. The monoisotopic (exact) mass is 504 g/mol. The Kier molecular flexibility index (Phi) is 6.46. The molecule has 35 heavy (non-hydrogen) atoms. The summed E-state index contributed by atoms with van der Waals surface area (Å²) in [4.78, 5) is 25.6. The average molecular weight is 505 g/mol. The molecule has 1 N–H and O–H groups in total. The van der Waals surface area contributed by atoms with Crippen molar-refractivity contribution in [1.82, 2.24) is 5.01 Å². The van der Waals surface area contributed by atoms with Gasteiger partial charge in [-0.05, 0) is 78.4 Å². The molecule has 3 aromatic rings. The van der Waals surface area contributed by atoms with Gasteiger partial charge in [0.2, 0.25) is 0 Å². The lowest BCUT2D eigenvalue weighted by Crippen LogP contribution is -2.32. The first kappa shape index (κ1) is 23.3. The van der Waals surface area contributed by atoms with E-state index < -0.39 is 11.9 Å². The fourth-order valence-corrected chi connectivity index (χ4v) is 5.15. The molecule has 5 rings (SSSR count). The van der Waals surface area contributed by atoms with Gasteiger partial charge in [0.05, 0.1) is 22.9 Å². The van der Waals surface area contributed by atoms with E-state index in [2.05, 4.69) is 6.08 Å². The third-order valence-electron chi connectivity index (χ3n) is 6.52. The van der Waals surface area contributed by atoms with Crippen molar-refractivity contribution in [2.45, 2.75) is 25.3 Å². The third-order valence-corrected chi connectivity index (χ3v) is 7.02. The van der Waals surface area contributed by atoms with Gasteiger partial charge < -0.3 is 5.11 Å². The summed E-state index contributed by atoms with van der Waals surface area (Å²) >= 11 is 12.2. The van der Waals surface area contributed by atoms with Gasteiger partial charge in [-0.1, -0.05) is 59.6 Å². The standard InChI is InChI=1S/C28H22Cl2N2O3/c29-20-12-8-17(9-13-20)16-19-4-3-7-24-25(19)31-32(26(24)18-10-14-21(30)15-11-18)27(33)22-5-1-2-6-23(22)28(34)35/h1-2,5-6,8-16,24,26H,3-4,7H2,(H,34,35)/b19-16-/t24-,26+/m1/s1. The fraction of sp³-hybridized carbons (Fsp3) is 0.179. The Balaban J connectivity index is 1.60. The summed E-state index contributed by atoms with van der Waals surface area (Å²) in [6.07, 6.45) is 4.77. The molecule has 0 aromatic heterocycles. The van der Waals surface area contributed by atoms with Crippen LogP contribution < -0.4 is 0 Å². The van der Waals surface area contributed by atoms with Crippen molar-refractivity contribution >= 4 is 46.9 Å². The molecule has 0 unspecified atom stereocenters. The van der Waals surface area contributed by atoms with E-state index in [1.54, 1.807) is 24.3 Å². The van der Waals surface area contributed by atoms with Gasteiger partial charge in [-0.3, -0.25) is 4.79 Å². The molecule has 1 heterocycles. The fourth-order valence-electron chi connectivity index (χ4n) is 4.90. The van der Waals surface area contributed by atoms with Crippen molar-refractivity contribution in [3.8, 4) is 0 Å². The lowest BCUT2D eigenvalue weighted by Gasteiger charge is -2.30. The predicted octanol–water partition coefficient (Wildman–Crippen LogP) is 7.13. The number of hydrogen-bond donors (Lipinski definition) is 1. The zero-order valence-electron chi connectivity index (χ0n) is 18.7. The van der Waals surface area contributed by atoms with Gasteiger partial charge in [0.1, 0.15) is 0 Å². The smallest absolute Gasteiger partial charge is 0.336 e. The van der Waals surface area contributed by atoms with Crippen LogP contribution in [0, 0.1) is 5.92 Å². The average Bonchev–Trinajstić information content (AvgIpc) is 3.26. The highest BCUT2D eigenvalue weighted by Gasteiger charge is 2.44. The Morgan fingerprint density at radius 1 is 0.914 bits per heavy atom. The van der Waals surface area contributed by atoms with E-state index in [9.17, 15) is 14.7 Å². The SMILES string of the molecule is O=C(O)c1ccccc1C(=O)N1N=C2/C(=C\c3ccc(Cl)cc3)CCC[C@H]2[C@@H]1c1ccc(Cl)cc1. The Morgan fingerprint density at radius 3 is 2.20 bits per heavy atom. The summed E-state index contributed by atoms with van der Waals surface area (Å²) in [5.41, 5.74) is 3.94. The molecule has 0 saturated heterocycles. The van der Waals surface area contributed by atoms with Crippen LogP contribution in [0.3, 0.4) is 0 Å². The molecule has 3 aromatic carbocycles. The summed E-state index contributed by atoms with van der Waals surface area (Å²) in [5.74, 6) is -1.59. The second kappa shape index (κ2) is 9.68. The lowest BCUT2D eigenvalue weighted by molar-refractivity contribution is 0.0646. The zero-order valence-corrected chi connectivity index (χ0v) is 20.2. The van der Waals surface area contributed by atoms with Gasteiger partial charge in [-0.25, -0.2) is 9.80 Å². The molecule has 176 valence electrons. The van der Waals surface area contributed by atoms with Crippen molar-refractivity contribution < 1.29 is 14.7 Å². The van der Waals surface area contributed by atoms with Crippen LogP contribution in [0.1, 0.15) is 57.1 Å². The highest BCUT2D eigenvalue weighted by atomic mass is 35.5. The number of carboxylic acid groups (broad SMARTS) is 1. The molecular formula is C28H22Cl2N2O3. The number of halogens is 2. The van der Waals surface area contributed by atoms with Gasteiger partial charge in [-0.15, -0.1) is 0 Å². The van der Waals surface area contributed by atoms with Crippen LogP contribution in [-0.4, -0.2) is 27.7 Å². The van der Waals surface area contributed by atoms with E-state index in [4.69, 9.17) is 28.3 Å². The molecular weight excluding hydrogens is 483 g/mol. The van der Waals surface area contributed by atoms with Crippen molar-refractivity contribution in [3.63, 3.8) is 0 Å². The molecule has 1 aliphatic carbocycles. The minimum Gasteiger partial charge on any atom is -0.478 e. The minimum atomic E-state index is -1.15. The van der Waals surface area contributed by atoms with Crippen LogP contribution in [0.2, 0.25) is 10.0 Å². The van der Waals surface area contributed by atoms with E-state index in [1.807, 2.05) is 36.4 Å². The summed E-state index contributed by atoms with van der Waals surface area (Å²) in [6, 6.07) is 20.9. The number of nitrogens with zero attached hydrogens (tertiary/aromatic N) is 2. The number of carbonyl (C=O) groups excluding carboxylic acids is 1. The summed E-state index contributed by atoms with van der Waals surface area (Å²) in [6.45, 7) is 0. The van der Waals surface area contributed by atoms with Crippen molar-refractivity contribution in [1.29, 1.82) is 0 Å². The topological polar surface area (TPSA) is 70.0 Å². The first-order chi connectivity index (χ1) is 16.9. The van der Waals surface area contributed by atoms with Gasteiger partial charge in [0.25, 0.3) is 5.91 Å². The number of carboxylic acids is 1. The number of fused-ring (bicyclic) bond motifs is 1. The maximum Gasteiger partial charge on any atom is 0.336 e. The molecule has 1 amide bonds. The highest BCUT2D eigenvalue weighted by Crippen LogP contribution is 2.45. The summed E-state index contributed by atoms with van der Waals surface area (Å²) in [7, 11) is 0. The van der Waals surface area contributed by atoms with Gasteiger partial charge in [0, 0.05) is 16.0 Å². The van der Waals surface area contributed by atoms with Crippen molar-refractivity contribution in [3.05, 3.63) is 111 Å². The molecule has 1 fully saturated rings. The molecule has 0 bridgehead atoms. The largest absolute Gasteiger partial charge is 0.478 e. The van der Waals surface area contributed by atoms with E-state index in [0.717, 1.165) is 41.7 Å². The summed E-state index contributed by atoms with van der Waals surface area (Å²) in [5, 5.41) is 17.2. The van der Waals surface area contributed by atoms with E-state index in [0.29, 0.717) is 10.0 Å². The Labute approximate surface area is 213 Å². The molecule has 2 aliphatic rings. The van der Waals surface area contributed by atoms with Crippen LogP contribution in [0.15, 0.2) is 83.5 Å². The molecule has 5 nitrogen and oxygen atoms in total. The number of amides is 1. The minimum absolute atomic E-state index is 0.00980. The van der Waals surface area contributed by atoms with Crippen LogP contribution in [0.5, 0.6) is 0 Å². The number of hydrogen-bond acceptors (Lipinski definition) is 3. The van der Waals surface area contributed by atoms with E-state index >= 15 is 0 Å². The molecule has 2 atom stereocenters. The first-order valence-electron chi connectivity index (χ1n) is 11.4. The number of aromatic carboxylic acids is 1. The normalized spacial score (nSPS) is 20.5. The number of benzene rings is 3. The predicted molar refractivity (Wildman–Crippen MR) is 138 cm³/mol. The number of carbonyl (C=O) groups is 2. The lowest BCUT2D eigenvalue weighted by atomic mass is 9.77. The maximum atomic E-state index is 13.8. The molecule has 0 spiro atoms. The maximum absolute atomic E-state index is 13.8. The highest BCUT2D eigenvalue weighted by molar-refractivity contribution is 6.30. The van der Waals surface area contributed by atoms with Gasteiger partial charge in [0.15, 0.2) is 0 Å². The van der Waals surface area contributed by atoms with Crippen molar-refractivity contribution in [2.24, 2.45) is 11.0 Å².